The van der Waals surface area contributed by atoms with E-state index in [1.807, 2.05) is 11.6 Å². The first-order chi connectivity index (χ1) is 12.8. The van der Waals surface area contributed by atoms with E-state index in [1.54, 1.807) is 25.1 Å². The molecular formula is C18H26N4O4S. The van der Waals surface area contributed by atoms with E-state index in [0.717, 1.165) is 18.4 Å². The van der Waals surface area contributed by atoms with Crippen LogP contribution in [0, 0.1) is 0 Å². The molecule has 1 fully saturated rings. The van der Waals surface area contributed by atoms with E-state index in [9.17, 15) is 18.3 Å². The van der Waals surface area contributed by atoms with Crippen molar-refractivity contribution in [3.63, 3.8) is 0 Å². The van der Waals surface area contributed by atoms with E-state index in [4.69, 9.17) is 0 Å². The van der Waals surface area contributed by atoms with Gasteiger partial charge in [0.05, 0.1) is 22.0 Å². The minimum atomic E-state index is -3.48. The summed E-state index contributed by atoms with van der Waals surface area (Å²) in [5.74, 6) is 0.563. The molecule has 3 rings (SSSR count). The third-order valence-corrected chi connectivity index (χ3v) is 6.71. The highest BCUT2D eigenvalue weighted by atomic mass is 32.2. The van der Waals surface area contributed by atoms with Crippen LogP contribution in [0.25, 0.3) is 11.0 Å². The van der Waals surface area contributed by atoms with Crippen molar-refractivity contribution in [2.45, 2.75) is 43.6 Å². The number of amides is 1. The summed E-state index contributed by atoms with van der Waals surface area (Å²) in [6.45, 7) is 2.96. The molecule has 0 aliphatic carbocycles. The van der Waals surface area contributed by atoms with Crippen LogP contribution in [0.15, 0.2) is 23.1 Å². The van der Waals surface area contributed by atoms with Gasteiger partial charge in [-0.3, -0.25) is 4.79 Å². The molecule has 27 heavy (non-hydrogen) atoms. The first-order valence-electron chi connectivity index (χ1n) is 9.19. The molecule has 2 aromatic rings. The summed E-state index contributed by atoms with van der Waals surface area (Å²) in [6.07, 6.45) is 1.90. The quantitative estimate of drug-likeness (QED) is 0.722. The minimum absolute atomic E-state index is 0.153. The van der Waals surface area contributed by atoms with Crippen molar-refractivity contribution >= 4 is 27.0 Å². The molecular weight excluding hydrogens is 368 g/mol. The van der Waals surface area contributed by atoms with E-state index in [0.29, 0.717) is 30.9 Å². The number of aliphatic hydroxyl groups is 1. The van der Waals surface area contributed by atoms with Crippen LogP contribution in [0.3, 0.4) is 0 Å². The highest BCUT2D eigenvalue weighted by Crippen LogP contribution is 2.25. The van der Waals surface area contributed by atoms with Gasteiger partial charge in [0.25, 0.3) is 0 Å². The Morgan fingerprint density at radius 3 is 2.70 bits per heavy atom. The number of hydrogen-bond acceptors (Lipinski definition) is 5. The van der Waals surface area contributed by atoms with Crippen molar-refractivity contribution in [3.05, 3.63) is 24.0 Å². The molecule has 0 radical (unpaired) electrons. The van der Waals surface area contributed by atoms with E-state index in [1.165, 1.54) is 4.31 Å². The van der Waals surface area contributed by atoms with Gasteiger partial charge in [-0.25, -0.2) is 13.4 Å². The average Bonchev–Trinajstić information content (AvgIpc) is 3.27. The Labute approximate surface area is 159 Å². The van der Waals surface area contributed by atoms with Crippen molar-refractivity contribution < 1.29 is 18.3 Å². The Kier molecular flexibility index (Phi) is 5.83. The Morgan fingerprint density at radius 1 is 1.33 bits per heavy atom. The molecule has 2 heterocycles. The van der Waals surface area contributed by atoms with Gasteiger partial charge in [-0.2, -0.15) is 4.31 Å². The van der Waals surface area contributed by atoms with Gasteiger partial charge >= 0.3 is 0 Å². The maximum atomic E-state index is 12.7. The van der Waals surface area contributed by atoms with Crippen LogP contribution >= 0.6 is 0 Å². The normalized spacial score (nSPS) is 16.7. The number of aromatic nitrogens is 2. The fraction of sp³-hybridized carbons (Fsp3) is 0.556. The SMILES string of the molecule is C[C@@H](O)CNC(=O)CCc1nc2cc(S(=O)(=O)N3CCCC3)ccc2n1C. The molecule has 8 nitrogen and oxygen atoms in total. The number of carbonyl (C=O) groups excluding carboxylic acids is 1. The molecule has 1 saturated heterocycles. The van der Waals surface area contributed by atoms with Gasteiger partial charge in [0.1, 0.15) is 5.82 Å². The lowest BCUT2D eigenvalue weighted by Gasteiger charge is -2.15. The van der Waals surface area contributed by atoms with Gasteiger partial charge in [0.15, 0.2) is 0 Å². The number of nitrogens with zero attached hydrogens (tertiary/aromatic N) is 3. The highest BCUT2D eigenvalue weighted by Gasteiger charge is 2.27. The molecule has 2 N–H and O–H groups in total. The highest BCUT2D eigenvalue weighted by molar-refractivity contribution is 7.89. The molecule has 1 aromatic carbocycles. The number of rotatable bonds is 7. The number of aryl methyl sites for hydroxylation is 2. The number of fused-ring (bicyclic) bond motifs is 1. The zero-order valence-electron chi connectivity index (χ0n) is 15.7. The van der Waals surface area contributed by atoms with Crippen LogP contribution in [-0.2, 0) is 28.3 Å². The summed E-state index contributed by atoms with van der Waals surface area (Å²) >= 11 is 0. The van der Waals surface area contributed by atoms with Crippen LogP contribution in [0.1, 0.15) is 32.0 Å². The summed E-state index contributed by atoms with van der Waals surface area (Å²) in [5, 5.41) is 11.9. The lowest BCUT2D eigenvalue weighted by atomic mass is 10.2. The third kappa shape index (κ3) is 4.31. The van der Waals surface area contributed by atoms with Gasteiger partial charge < -0.3 is 15.0 Å². The second-order valence-electron chi connectivity index (χ2n) is 7.00. The third-order valence-electron chi connectivity index (χ3n) is 4.82. The summed E-state index contributed by atoms with van der Waals surface area (Å²) in [5.41, 5.74) is 1.44. The van der Waals surface area contributed by atoms with Crippen molar-refractivity contribution in [2.75, 3.05) is 19.6 Å². The fourth-order valence-electron chi connectivity index (χ4n) is 3.27. The first kappa shape index (κ1) is 19.8. The Balaban J connectivity index is 1.77. The smallest absolute Gasteiger partial charge is 0.243 e. The standard InChI is InChI=1S/C18H26N4O4S/c1-13(23)12-19-18(24)8-7-17-20-15-11-14(5-6-16(15)21(17)2)27(25,26)22-9-3-4-10-22/h5-6,11,13,23H,3-4,7-10,12H2,1-2H3,(H,19,24)/t13-/m1/s1. The minimum Gasteiger partial charge on any atom is -0.392 e. The summed E-state index contributed by atoms with van der Waals surface area (Å²) in [7, 11) is -1.62. The molecule has 148 valence electrons. The predicted molar refractivity (Wildman–Crippen MR) is 102 cm³/mol. The predicted octanol–water partition coefficient (Wildman–Crippen LogP) is 0.787. The summed E-state index contributed by atoms with van der Waals surface area (Å²) in [4.78, 5) is 16.6. The van der Waals surface area contributed by atoms with E-state index in [2.05, 4.69) is 10.3 Å². The Hall–Kier alpha value is -1.97. The maximum Gasteiger partial charge on any atom is 0.243 e. The lowest BCUT2D eigenvalue weighted by molar-refractivity contribution is -0.121. The molecule has 1 aliphatic rings. The van der Waals surface area contributed by atoms with Gasteiger partial charge in [-0.15, -0.1) is 0 Å². The van der Waals surface area contributed by atoms with Crippen molar-refractivity contribution in [2.24, 2.45) is 7.05 Å². The number of carbonyl (C=O) groups is 1. The second kappa shape index (κ2) is 7.95. The van der Waals surface area contributed by atoms with Gasteiger partial charge in [0, 0.05) is 39.5 Å². The van der Waals surface area contributed by atoms with Gasteiger partial charge in [-0.1, -0.05) is 0 Å². The zero-order valence-corrected chi connectivity index (χ0v) is 16.5. The first-order valence-corrected chi connectivity index (χ1v) is 10.6. The summed E-state index contributed by atoms with van der Waals surface area (Å²) < 4.78 is 28.9. The van der Waals surface area contributed by atoms with Gasteiger partial charge in [0.2, 0.25) is 15.9 Å². The monoisotopic (exact) mass is 394 g/mol. The van der Waals surface area contributed by atoms with E-state index < -0.39 is 16.1 Å². The molecule has 0 saturated carbocycles. The number of hydrogen-bond donors (Lipinski definition) is 2. The Morgan fingerprint density at radius 2 is 2.04 bits per heavy atom. The van der Waals surface area contributed by atoms with E-state index >= 15 is 0 Å². The number of sulfonamides is 1. The fourth-order valence-corrected chi connectivity index (χ4v) is 4.80. The van der Waals surface area contributed by atoms with Crippen LogP contribution in [-0.4, -0.2) is 59.0 Å². The number of aliphatic hydroxyl groups excluding tert-OH is 1. The molecule has 1 atom stereocenters. The lowest BCUT2D eigenvalue weighted by Crippen LogP contribution is -2.30. The number of imidazole rings is 1. The number of benzene rings is 1. The van der Waals surface area contributed by atoms with Crippen molar-refractivity contribution in [3.8, 4) is 0 Å². The molecule has 0 unspecified atom stereocenters. The molecule has 9 heteroatoms. The molecule has 1 aliphatic heterocycles. The average molecular weight is 394 g/mol. The van der Waals surface area contributed by atoms with E-state index in [-0.39, 0.29) is 23.8 Å². The molecule has 0 spiro atoms. The Bertz CT molecular complexity index is 930. The maximum absolute atomic E-state index is 12.7. The summed E-state index contributed by atoms with van der Waals surface area (Å²) in [6, 6.07) is 5.00. The van der Waals surface area contributed by atoms with Crippen molar-refractivity contribution in [1.29, 1.82) is 0 Å². The zero-order chi connectivity index (χ0) is 19.6. The van der Waals surface area contributed by atoms with Crippen LogP contribution in [0.2, 0.25) is 0 Å². The molecule has 0 bridgehead atoms. The van der Waals surface area contributed by atoms with Gasteiger partial charge in [-0.05, 0) is 38.0 Å². The van der Waals surface area contributed by atoms with Crippen molar-refractivity contribution in [1.82, 2.24) is 19.2 Å². The second-order valence-corrected chi connectivity index (χ2v) is 8.94. The van der Waals surface area contributed by atoms with Crippen LogP contribution in [0.5, 0.6) is 0 Å². The number of nitrogens with one attached hydrogen (secondary N) is 1. The molecule has 1 aromatic heterocycles. The van der Waals surface area contributed by atoms with Crippen LogP contribution < -0.4 is 5.32 Å². The van der Waals surface area contributed by atoms with Crippen LogP contribution in [0.4, 0.5) is 0 Å². The molecule has 1 amide bonds. The topological polar surface area (TPSA) is 105 Å². The largest absolute Gasteiger partial charge is 0.392 e.